The van der Waals surface area contributed by atoms with Crippen LogP contribution >= 0.6 is 0 Å². The maximum Gasteiger partial charge on any atom is 0.251 e. The van der Waals surface area contributed by atoms with Gasteiger partial charge in [-0.1, -0.05) is 50.2 Å². The maximum atomic E-state index is 13.0. The lowest BCUT2D eigenvalue weighted by molar-refractivity contribution is -0.130. The molecule has 1 aliphatic carbocycles. The van der Waals surface area contributed by atoms with Gasteiger partial charge < -0.3 is 11.1 Å². The minimum absolute atomic E-state index is 0.0243. The summed E-state index contributed by atoms with van der Waals surface area (Å²) in [5, 5.41) is 3.20. The smallest absolute Gasteiger partial charge is 0.251 e. The van der Waals surface area contributed by atoms with E-state index in [9.17, 15) is 9.59 Å². The van der Waals surface area contributed by atoms with Crippen molar-refractivity contribution < 1.29 is 9.59 Å². The third-order valence-electron chi connectivity index (χ3n) is 6.91. The van der Waals surface area contributed by atoms with E-state index in [1.807, 2.05) is 51.1 Å². The van der Waals surface area contributed by atoms with E-state index in [2.05, 4.69) is 22.4 Å². The SMILES string of the molecule is CC(C)[C@]1(C)CC(=O)N(Cc2cccc(C(=O)NC3CCCc4ccccc43)c2)C(N)=N1. The molecule has 0 spiro atoms. The van der Waals surface area contributed by atoms with Crippen LogP contribution in [0.25, 0.3) is 0 Å². The molecular formula is C26H32N4O2. The van der Waals surface area contributed by atoms with Gasteiger partial charge in [0.1, 0.15) is 0 Å². The number of rotatable bonds is 5. The standard InChI is InChI=1S/C26H32N4O2/c1-17(2)26(3)15-23(31)30(25(27)29-26)16-18-8-6-11-20(14-18)24(32)28-22-13-7-10-19-9-4-5-12-21(19)22/h4-6,8-9,11-12,14,17,22H,7,10,13,15-16H2,1-3H3,(H2,27,29)(H,28,32)/t22?,26-/m0/s1. The van der Waals surface area contributed by atoms with E-state index < -0.39 is 5.54 Å². The fourth-order valence-corrected chi connectivity index (χ4v) is 4.53. The van der Waals surface area contributed by atoms with Gasteiger partial charge in [0.15, 0.2) is 5.96 Å². The maximum absolute atomic E-state index is 13.0. The Balaban J connectivity index is 1.49. The number of benzene rings is 2. The highest BCUT2D eigenvalue weighted by Crippen LogP contribution is 2.31. The van der Waals surface area contributed by atoms with Crippen molar-refractivity contribution in [3.05, 3.63) is 70.8 Å². The van der Waals surface area contributed by atoms with Crippen molar-refractivity contribution >= 4 is 17.8 Å². The summed E-state index contributed by atoms with van der Waals surface area (Å²) < 4.78 is 0. The molecule has 2 atom stereocenters. The first-order chi connectivity index (χ1) is 15.3. The van der Waals surface area contributed by atoms with Gasteiger partial charge in [-0.05, 0) is 60.9 Å². The Morgan fingerprint density at radius 2 is 2.03 bits per heavy atom. The lowest BCUT2D eigenvalue weighted by atomic mass is 9.84. The number of carbonyl (C=O) groups is 2. The normalized spacial score (nSPS) is 23.0. The topological polar surface area (TPSA) is 87.8 Å². The van der Waals surface area contributed by atoms with Gasteiger partial charge >= 0.3 is 0 Å². The Kier molecular flexibility index (Phi) is 6.04. The largest absolute Gasteiger partial charge is 0.369 e. The number of nitrogens with one attached hydrogen (secondary N) is 1. The zero-order chi connectivity index (χ0) is 22.9. The van der Waals surface area contributed by atoms with Gasteiger partial charge in [-0.3, -0.25) is 14.5 Å². The first-order valence-corrected chi connectivity index (χ1v) is 11.4. The highest BCUT2D eigenvalue weighted by Gasteiger charge is 2.38. The predicted molar refractivity (Wildman–Crippen MR) is 126 cm³/mol. The molecule has 0 saturated heterocycles. The summed E-state index contributed by atoms with van der Waals surface area (Å²) in [5.41, 5.74) is 9.64. The van der Waals surface area contributed by atoms with Gasteiger partial charge in [0.25, 0.3) is 5.91 Å². The molecule has 4 rings (SSSR count). The summed E-state index contributed by atoms with van der Waals surface area (Å²) in [4.78, 5) is 32.0. The number of aryl methyl sites for hydroxylation is 1. The Morgan fingerprint density at radius 1 is 1.25 bits per heavy atom. The molecular weight excluding hydrogens is 400 g/mol. The second-order valence-corrected chi connectivity index (χ2v) is 9.46. The van der Waals surface area contributed by atoms with Crippen LogP contribution in [0.5, 0.6) is 0 Å². The molecule has 0 radical (unpaired) electrons. The summed E-state index contributed by atoms with van der Waals surface area (Å²) in [6.07, 6.45) is 3.38. The van der Waals surface area contributed by atoms with Crippen LogP contribution in [0.2, 0.25) is 0 Å². The quantitative estimate of drug-likeness (QED) is 0.750. The van der Waals surface area contributed by atoms with Crippen LogP contribution in [0.3, 0.4) is 0 Å². The molecule has 6 heteroatoms. The van der Waals surface area contributed by atoms with E-state index in [-0.39, 0.29) is 29.7 Å². The molecule has 1 unspecified atom stereocenters. The number of guanidine groups is 1. The second kappa shape index (κ2) is 8.77. The van der Waals surface area contributed by atoms with Gasteiger partial charge in [-0.25, -0.2) is 4.99 Å². The first kappa shape index (κ1) is 22.1. The molecule has 0 bridgehead atoms. The number of hydrogen-bond donors (Lipinski definition) is 2. The van der Waals surface area contributed by atoms with Crippen molar-refractivity contribution in [2.75, 3.05) is 0 Å². The lowest BCUT2D eigenvalue weighted by Gasteiger charge is -2.37. The minimum atomic E-state index is -0.476. The fourth-order valence-electron chi connectivity index (χ4n) is 4.53. The number of amides is 2. The Morgan fingerprint density at radius 3 is 2.78 bits per heavy atom. The second-order valence-electron chi connectivity index (χ2n) is 9.46. The number of hydrogen-bond acceptors (Lipinski definition) is 4. The van der Waals surface area contributed by atoms with Gasteiger partial charge in [0.05, 0.1) is 24.5 Å². The summed E-state index contributed by atoms with van der Waals surface area (Å²) in [6.45, 7) is 6.36. The van der Waals surface area contributed by atoms with E-state index in [0.717, 1.165) is 24.8 Å². The average molecular weight is 433 g/mol. The molecule has 32 heavy (non-hydrogen) atoms. The molecule has 168 valence electrons. The molecule has 2 amide bonds. The average Bonchev–Trinajstić information content (AvgIpc) is 2.76. The van der Waals surface area contributed by atoms with Crippen molar-refractivity contribution in [1.29, 1.82) is 0 Å². The Bertz CT molecular complexity index is 1060. The van der Waals surface area contributed by atoms with E-state index in [0.29, 0.717) is 18.5 Å². The Labute approximate surface area is 189 Å². The number of carbonyl (C=O) groups excluding carboxylic acids is 2. The molecule has 1 aliphatic heterocycles. The predicted octanol–water partition coefficient (Wildman–Crippen LogP) is 3.96. The van der Waals surface area contributed by atoms with Crippen LogP contribution in [0.4, 0.5) is 0 Å². The van der Waals surface area contributed by atoms with Crippen LogP contribution in [0.15, 0.2) is 53.5 Å². The molecule has 2 aliphatic rings. The fraction of sp³-hybridized carbons (Fsp3) is 0.423. The monoisotopic (exact) mass is 432 g/mol. The number of nitrogens with zero attached hydrogens (tertiary/aromatic N) is 2. The van der Waals surface area contributed by atoms with Gasteiger partial charge in [0, 0.05) is 5.56 Å². The van der Waals surface area contributed by atoms with Crippen molar-refractivity contribution in [3.8, 4) is 0 Å². The summed E-state index contributed by atoms with van der Waals surface area (Å²) in [6, 6.07) is 15.7. The van der Waals surface area contributed by atoms with E-state index in [4.69, 9.17) is 5.73 Å². The molecule has 0 aromatic heterocycles. The van der Waals surface area contributed by atoms with E-state index in [1.54, 1.807) is 6.07 Å². The van der Waals surface area contributed by atoms with E-state index in [1.165, 1.54) is 16.0 Å². The lowest BCUT2D eigenvalue weighted by Crippen LogP contribution is -2.51. The summed E-state index contributed by atoms with van der Waals surface area (Å²) in [7, 11) is 0. The van der Waals surface area contributed by atoms with Crippen LogP contribution in [-0.2, 0) is 17.8 Å². The van der Waals surface area contributed by atoms with Gasteiger partial charge in [0.2, 0.25) is 5.91 Å². The molecule has 2 aromatic rings. The van der Waals surface area contributed by atoms with Crippen LogP contribution in [-0.4, -0.2) is 28.2 Å². The van der Waals surface area contributed by atoms with Crippen molar-refractivity contribution in [2.45, 2.75) is 64.6 Å². The van der Waals surface area contributed by atoms with Crippen LogP contribution in [0, 0.1) is 5.92 Å². The van der Waals surface area contributed by atoms with Gasteiger partial charge in [-0.15, -0.1) is 0 Å². The zero-order valence-electron chi connectivity index (χ0n) is 19.1. The molecule has 6 nitrogen and oxygen atoms in total. The minimum Gasteiger partial charge on any atom is -0.369 e. The highest BCUT2D eigenvalue weighted by molar-refractivity contribution is 5.99. The summed E-state index contributed by atoms with van der Waals surface area (Å²) in [5.74, 6) is 0.310. The van der Waals surface area contributed by atoms with Crippen molar-refractivity contribution in [1.82, 2.24) is 10.2 Å². The van der Waals surface area contributed by atoms with Crippen molar-refractivity contribution in [2.24, 2.45) is 16.6 Å². The number of fused-ring (bicyclic) bond motifs is 1. The molecule has 2 aromatic carbocycles. The Hall–Kier alpha value is -3.15. The van der Waals surface area contributed by atoms with Crippen LogP contribution in [0.1, 0.15) is 73.1 Å². The highest BCUT2D eigenvalue weighted by atomic mass is 16.2. The van der Waals surface area contributed by atoms with Crippen molar-refractivity contribution in [3.63, 3.8) is 0 Å². The molecule has 1 heterocycles. The number of nitrogens with two attached hydrogens (primary N) is 1. The van der Waals surface area contributed by atoms with Gasteiger partial charge in [-0.2, -0.15) is 0 Å². The van der Waals surface area contributed by atoms with Crippen LogP contribution < -0.4 is 11.1 Å². The molecule has 3 N–H and O–H groups in total. The first-order valence-electron chi connectivity index (χ1n) is 11.4. The third kappa shape index (κ3) is 4.40. The number of aliphatic imine (C=N–C) groups is 1. The zero-order valence-corrected chi connectivity index (χ0v) is 19.1. The third-order valence-corrected chi connectivity index (χ3v) is 6.91. The van der Waals surface area contributed by atoms with E-state index >= 15 is 0 Å². The summed E-state index contributed by atoms with van der Waals surface area (Å²) >= 11 is 0. The molecule has 0 saturated carbocycles. The molecule has 0 fully saturated rings.